The molecule has 2 rings (SSSR count). The summed E-state index contributed by atoms with van der Waals surface area (Å²) in [5.74, 6) is 0. The third-order valence-corrected chi connectivity index (χ3v) is 3.57. The van der Waals surface area contributed by atoms with Gasteiger partial charge in [0.1, 0.15) is 0 Å². The van der Waals surface area contributed by atoms with Gasteiger partial charge < -0.3 is 0 Å². The molecule has 2 aromatic carbocycles. The third kappa shape index (κ3) is 3.50. The quantitative estimate of drug-likeness (QED) is 0.384. The van der Waals surface area contributed by atoms with Crippen LogP contribution in [0.1, 0.15) is 23.6 Å². The molecule has 0 saturated carbocycles. The fourth-order valence-corrected chi connectivity index (χ4v) is 2.42. The summed E-state index contributed by atoms with van der Waals surface area (Å²) >= 11 is 6.34. The number of nitrogens with zero attached hydrogens (tertiary/aromatic N) is 1. The fraction of sp³-hybridized carbons (Fsp3) is 0.105. The van der Waals surface area contributed by atoms with E-state index in [4.69, 9.17) is 11.6 Å². The molecule has 0 amide bonds. The Morgan fingerprint density at radius 1 is 1.10 bits per heavy atom. The highest BCUT2D eigenvalue weighted by atomic mass is 35.5. The van der Waals surface area contributed by atoms with Gasteiger partial charge in [0.25, 0.3) is 0 Å². The first kappa shape index (κ1) is 15.3. The second kappa shape index (κ2) is 7.05. The predicted molar refractivity (Wildman–Crippen MR) is 93.8 cm³/mol. The lowest BCUT2D eigenvalue weighted by Gasteiger charge is -2.11. The van der Waals surface area contributed by atoms with Crippen molar-refractivity contribution in [2.75, 3.05) is 0 Å². The summed E-state index contributed by atoms with van der Waals surface area (Å²) in [7, 11) is 0. The Kier molecular flexibility index (Phi) is 5.13. The second-order valence-electron chi connectivity index (χ2n) is 4.77. The first-order chi connectivity index (χ1) is 10.2. The van der Waals surface area contributed by atoms with Gasteiger partial charge in [-0.3, -0.25) is 4.99 Å². The number of hydrogen-bond acceptors (Lipinski definition) is 1. The average Bonchev–Trinajstić information content (AvgIpc) is 2.49. The predicted octanol–water partition coefficient (Wildman–Crippen LogP) is 5.79. The fourth-order valence-electron chi connectivity index (χ4n) is 2.19. The molecule has 0 radical (unpaired) electrons. The number of halogens is 1. The van der Waals surface area contributed by atoms with E-state index in [9.17, 15) is 0 Å². The Balaban J connectivity index is 2.69. The van der Waals surface area contributed by atoms with Crippen molar-refractivity contribution in [3.63, 3.8) is 0 Å². The van der Waals surface area contributed by atoms with Crippen molar-refractivity contribution in [2.24, 2.45) is 4.99 Å². The van der Waals surface area contributed by atoms with Gasteiger partial charge in [-0.15, -0.1) is 0 Å². The number of benzene rings is 2. The van der Waals surface area contributed by atoms with Crippen LogP contribution >= 0.6 is 11.6 Å². The molecule has 0 bridgehead atoms. The van der Waals surface area contributed by atoms with E-state index in [0.717, 1.165) is 22.4 Å². The molecular formula is C19H18ClN. The third-order valence-electron chi connectivity index (χ3n) is 3.24. The smallest absolute Gasteiger partial charge is 0.0773 e. The molecule has 0 unspecified atom stereocenters. The molecule has 0 aromatic heterocycles. The van der Waals surface area contributed by atoms with Crippen LogP contribution < -0.4 is 0 Å². The zero-order valence-electron chi connectivity index (χ0n) is 12.3. The summed E-state index contributed by atoms with van der Waals surface area (Å²) in [6, 6.07) is 16.0. The highest BCUT2D eigenvalue weighted by Crippen LogP contribution is 2.32. The van der Waals surface area contributed by atoms with Crippen molar-refractivity contribution in [3.05, 3.63) is 82.4 Å². The zero-order valence-corrected chi connectivity index (χ0v) is 13.1. The van der Waals surface area contributed by atoms with Gasteiger partial charge in [-0.05, 0) is 26.6 Å². The van der Waals surface area contributed by atoms with Gasteiger partial charge >= 0.3 is 0 Å². The Hall–Kier alpha value is -2.12. The number of rotatable bonds is 4. The number of allylic oxidation sites excluding steroid dienone is 3. The molecule has 2 heteroatoms. The van der Waals surface area contributed by atoms with Gasteiger partial charge in [0.15, 0.2) is 0 Å². The first-order valence-corrected chi connectivity index (χ1v) is 7.20. The van der Waals surface area contributed by atoms with Crippen molar-refractivity contribution in [1.82, 2.24) is 0 Å². The van der Waals surface area contributed by atoms with Crippen LogP contribution in [-0.2, 0) is 0 Å². The Morgan fingerprint density at radius 3 is 2.33 bits per heavy atom. The van der Waals surface area contributed by atoms with Crippen molar-refractivity contribution in [1.29, 1.82) is 0 Å². The topological polar surface area (TPSA) is 12.4 Å². The highest BCUT2D eigenvalue weighted by Gasteiger charge is 2.10. The standard InChI is InChI=1S/C19H18ClN/c1-4-7-17(16-8-5-6-9-18(16)20)19(21-3)15-12-10-14(2)11-13-15/h4-13H,3H2,1-2H3/b7-4-,19-17+. The van der Waals surface area contributed by atoms with Crippen LogP contribution in [0.15, 0.2) is 65.7 Å². The van der Waals surface area contributed by atoms with E-state index in [1.807, 2.05) is 43.3 Å². The molecule has 0 aliphatic carbocycles. The summed E-state index contributed by atoms with van der Waals surface area (Å²) in [6.07, 6.45) is 4.00. The lowest BCUT2D eigenvalue weighted by atomic mass is 9.98. The lowest BCUT2D eigenvalue weighted by molar-refractivity contribution is 1.43. The van der Waals surface area contributed by atoms with Crippen molar-refractivity contribution in [3.8, 4) is 0 Å². The Labute approximate surface area is 131 Å². The SMILES string of the molecule is C=N/C(=C(\C=C/C)c1ccccc1Cl)c1ccc(C)cc1. The van der Waals surface area contributed by atoms with Gasteiger partial charge in [-0.1, -0.05) is 71.8 Å². The van der Waals surface area contributed by atoms with Crippen LogP contribution in [0.5, 0.6) is 0 Å². The summed E-state index contributed by atoms with van der Waals surface area (Å²) in [4.78, 5) is 4.24. The lowest BCUT2D eigenvalue weighted by Crippen LogP contribution is -1.90. The van der Waals surface area contributed by atoms with Crippen molar-refractivity contribution >= 4 is 29.6 Å². The van der Waals surface area contributed by atoms with Gasteiger partial charge in [0.2, 0.25) is 0 Å². The minimum absolute atomic E-state index is 0.707. The average molecular weight is 296 g/mol. The van der Waals surface area contributed by atoms with E-state index in [1.165, 1.54) is 5.56 Å². The Bertz CT molecular complexity index is 694. The normalized spacial score (nSPS) is 12.3. The molecular weight excluding hydrogens is 278 g/mol. The number of aliphatic imine (C=N–C) groups is 1. The molecule has 0 saturated heterocycles. The largest absolute Gasteiger partial charge is 0.263 e. The maximum Gasteiger partial charge on any atom is 0.0773 e. The minimum atomic E-state index is 0.707. The molecule has 0 fully saturated rings. The zero-order chi connectivity index (χ0) is 15.2. The summed E-state index contributed by atoms with van der Waals surface area (Å²) < 4.78 is 0. The van der Waals surface area contributed by atoms with Crippen molar-refractivity contribution < 1.29 is 0 Å². The molecule has 0 atom stereocenters. The maximum atomic E-state index is 6.34. The van der Waals surface area contributed by atoms with E-state index in [1.54, 1.807) is 0 Å². The first-order valence-electron chi connectivity index (χ1n) is 6.83. The number of aryl methyl sites for hydroxylation is 1. The van der Waals surface area contributed by atoms with Gasteiger partial charge in [-0.2, -0.15) is 0 Å². The monoisotopic (exact) mass is 295 g/mol. The molecule has 2 aromatic rings. The summed E-state index contributed by atoms with van der Waals surface area (Å²) in [6.45, 7) is 7.78. The molecule has 0 aliphatic heterocycles. The van der Waals surface area contributed by atoms with E-state index < -0.39 is 0 Å². The van der Waals surface area contributed by atoms with Crippen LogP contribution in [0, 0.1) is 6.92 Å². The number of hydrogen-bond donors (Lipinski definition) is 0. The van der Waals surface area contributed by atoms with Gasteiger partial charge in [0, 0.05) is 21.7 Å². The van der Waals surface area contributed by atoms with E-state index >= 15 is 0 Å². The highest BCUT2D eigenvalue weighted by molar-refractivity contribution is 6.32. The molecule has 0 heterocycles. The van der Waals surface area contributed by atoms with Crippen LogP contribution in [0.4, 0.5) is 0 Å². The van der Waals surface area contributed by atoms with E-state index in [-0.39, 0.29) is 0 Å². The van der Waals surface area contributed by atoms with Crippen LogP contribution in [0.25, 0.3) is 11.3 Å². The minimum Gasteiger partial charge on any atom is -0.263 e. The van der Waals surface area contributed by atoms with Crippen LogP contribution in [0.2, 0.25) is 5.02 Å². The Morgan fingerprint density at radius 2 is 1.76 bits per heavy atom. The van der Waals surface area contributed by atoms with E-state index in [0.29, 0.717) is 5.02 Å². The molecule has 0 N–H and O–H groups in total. The molecule has 0 spiro atoms. The van der Waals surface area contributed by atoms with Gasteiger partial charge in [0.05, 0.1) is 5.70 Å². The van der Waals surface area contributed by atoms with Crippen LogP contribution in [0.3, 0.4) is 0 Å². The summed E-state index contributed by atoms with van der Waals surface area (Å²) in [5.41, 5.74) is 5.01. The molecule has 0 aliphatic rings. The van der Waals surface area contributed by atoms with Crippen molar-refractivity contribution in [2.45, 2.75) is 13.8 Å². The maximum absolute atomic E-state index is 6.34. The molecule has 106 valence electrons. The summed E-state index contributed by atoms with van der Waals surface area (Å²) in [5, 5.41) is 0.707. The van der Waals surface area contributed by atoms with Crippen LogP contribution in [-0.4, -0.2) is 6.72 Å². The van der Waals surface area contributed by atoms with Gasteiger partial charge in [-0.25, -0.2) is 0 Å². The second-order valence-corrected chi connectivity index (χ2v) is 5.17. The molecule has 21 heavy (non-hydrogen) atoms. The van der Waals surface area contributed by atoms with E-state index in [2.05, 4.69) is 42.9 Å². The molecule has 1 nitrogen and oxygen atoms in total.